The zero-order valence-electron chi connectivity index (χ0n) is 34.0. The minimum Gasteiger partial charge on any atom is -0.383 e. The van der Waals surface area contributed by atoms with Crippen molar-refractivity contribution in [3.05, 3.63) is 102 Å². The number of piperidine rings is 1. The highest BCUT2D eigenvalue weighted by atomic mass is 19.1. The van der Waals surface area contributed by atoms with Crippen LogP contribution in [0.25, 0.3) is 17.0 Å². The van der Waals surface area contributed by atoms with Crippen molar-refractivity contribution in [3.8, 4) is 11.4 Å². The molecule has 5 aromatic rings. The third kappa shape index (κ3) is 8.42. The Morgan fingerprint density at radius 2 is 1.66 bits per heavy atom. The highest BCUT2D eigenvalue weighted by Gasteiger charge is 2.44. The number of imide groups is 2. The monoisotopic (exact) mass is 843 g/mol. The summed E-state index contributed by atoms with van der Waals surface area (Å²) in [6.07, 6.45) is 3.86. The fourth-order valence-corrected chi connectivity index (χ4v) is 8.64. The number of halogens is 1. The summed E-state index contributed by atoms with van der Waals surface area (Å²) in [4.78, 5) is 79.7. The number of ether oxygens (including phenoxy) is 1. The number of nitrogens with zero attached hydrogens (tertiary/aromatic N) is 8. The second-order valence-electron chi connectivity index (χ2n) is 15.8. The van der Waals surface area contributed by atoms with E-state index in [1.807, 2.05) is 40.9 Å². The molecule has 9 rings (SSSR count). The van der Waals surface area contributed by atoms with Gasteiger partial charge in [-0.3, -0.25) is 39.1 Å². The predicted molar refractivity (Wildman–Crippen MR) is 226 cm³/mol. The molecule has 62 heavy (non-hydrogen) atoms. The molecule has 2 aromatic carbocycles. The maximum Gasteiger partial charge on any atom is 0.262 e. The molecule has 0 spiro atoms. The number of rotatable bonds is 14. The summed E-state index contributed by atoms with van der Waals surface area (Å²) in [5.41, 5.74) is 4.21. The molecule has 18 heteroatoms. The van der Waals surface area contributed by atoms with Crippen LogP contribution in [-0.4, -0.2) is 131 Å². The highest BCUT2D eigenvalue weighted by Crippen LogP contribution is 2.36. The summed E-state index contributed by atoms with van der Waals surface area (Å²) in [5, 5.41) is 13.3. The van der Waals surface area contributed by atoms with Crippen LogP contribution in [0.5, 0.6) is 0 Å². The second kappa shape index (κ2) is 17.7. The second-order valence-corrected chi connectivity index (χ2v) is 15.8. The maximum absolute atomic E-state index is 14.1. The molecule has 17 nitrogen and oxygen atoms in total. The molecular weight excluding hydrogens is 798 g/mol. The lowest BCUT2D eigenvalue weighted by Gasteiger charge is -2.35. The summed E-state index contributed by atoms with van der Waals surface area (Å²) in [6.45, 7) is 5.34. The first-order chi connectivity index (χ1) is 30.2. The number of benzene rings is 2. The van der Waals surface area contributed by atoms with E-state index < -0.39 is 29.7 Å². The molecule has 320 valence electrons. The summed E-state index contributed by atoms with van der Waals surface area (Å²) >= 11 is 0. The number of hydrogen-bond donors (Lipinski definition) is 3. The molecule has 7 heterocycles. The smallest absolute Gasteiger partial charge is 0.262 e. The van der Waals surface area contributed by atoms with Gasteiger partial charge in [0.25, 0.3) is 11.8 Å². The summed E-state index contributed by atoms with van der Waals surface area (Å²) in [6, 6.07) is 20.5. The number of aromatic nitrogens is 4. The van der Waals surface area contributed by atoms with E-state index in [2.05, 4.69) is 35.6 Å². The third-order valence-corrected chi connectivity index (χ3v) is 11.8. The Morgan fingerprint density at radius 3 is 2.50 bits per heavy atom. The predicted octanol–water partition coefficient (Wildman–Crippen LogP) is 3.04. The quantitative estimate of drug-likeness (QED) is 0.110. The van der Waals surface area contributed by atoms with Crippen LogP contribution in [0.1, 0.15) is 58.0 Å². The molecule has 3 N–H and O–H groups in total. The topological polar surface area (TPSA) is 187 Å². The molecule has 0 aliphatic carbocycles. The number of hydrogen-bond acceptors (Lipinski definition) is 13. The van der Waals surface area contributed by atoms with Gasteiger partial charge in [-0.15, -0.1) is 5.10 Å². The van der Waals surface area contributed by atoms with Gasteiger partial charge in [-0.1, -0.05) is 18.2 Å². The van der Waals surface area contributed by atoms with E-state index in [4.69, 9.17) is 14.8 Å². The highest BCUT2D eigenvalue weighted by molar-refractivity contribution is 6.23. The lowest BCUT2D eigenvalue weighted by atomic mass is 10.0. The van der Waals surface area contributed by atoms with Crippen molar-refractivity contribution in [2.45, 2.75) is 37.8 Å². The minimum absolute atomic E-state index is 0.0449. The number of imidazole rings is 1. The lowest BCUT2D eigenvalue weighted by Crippen LogP contribution is -2.54. The Morgan fingerprint density at radius 1 is 0.839 bits per heavy atom. The van der Waals surface area contributed by atoms with Gasteiger partial charge < -0.3 is 25.2 Å². The summed E-state index contributed by atoms with van der Waals surface area (Å²) < 4.78 is 21.6. The maximum atomic E-state index is 14.1. The molecule has 2 unspecified atom stereocenters. The number of anilines is 3. The van der Waals surface area contributed by atoms with Gasteiger partial charge in [-0.05, 0) is 79.4 Å². The average molecular weight is 844 g/mol. The summed E-state index contributed by atoms with van der Waals surface area (Å²) in [7, 11) is 0. The van der Waals surface area contributed by atoms with Crippen molar-refractivity contribution in [1.29, 1.82) is 0 Å². The number of fused-ring (bicyclic) bond motifs is 2. The fraction of sp³-hybridized carbons (Fsp3) is 0.364. The number of piperazine rings is 1. The van der Waals surface area contributed by atoms with E-state index in [-0.39, 0.29) is 48.3 Å². The largest absolute Gasteiger partial charge is 0.383 e. The molecule has 4 aliphatic rings. The van der Waals surface area contributed by atoms with Crippen molar-refractivity contribution >= 4 is 52.5 Å². The van der Waals surface area contributed by atoms with Crippen molar-refractivity contribution in [3.63, 3.8) is 0 Å². The van der Waals surface area contributed by atoms with Gasteiger partial charge in [0, 0.05) is 57.9 Å². The molecular formula is C44H46FN11O6. The Hall–Kier alpha value is -6.79. The third-order valence-electron chi connectivity index (χ3n) is 11.8. The van der Waals surface area contributed by atoms with E-state index >= 15 is 0 Å². The van der Waals surface area contributed by atoms with Crippen molar-refractivity contribution < 1.29 is 33.1 Å². The molecule has 0 saturated carbocycles. The zero-order valence-corrected chi connectivity index (χ0v) is 34.0. The van der Waals surface area contributed by atoms with E-state index in [0.29, 0.717) is 63.8 Å². The Labute approximate surface area is 356 Å². The van der Waals surface area contributed by atoms with Crippen molar-refractivity contribution in [2.24, 2.45) is 0 Å². The van der Waals surface area contributed by atoms with E-state index in [9.17, 15) is 28.4 Å². The molecule has 0 radical (unpaired) electrons. The molecule has 3 aromatic heterocycles. The normalized spacial score (nSPS) is 19.3. The van der Waals surface area contributed by atoms with Gasteiger partial charge in [0.2, 0.25) is 17.7 Å². The van der Waals surface area contributed by atoms with E-state index in [1.165, 1.54) is 6.07 Å². The fourth-order valence-electron chi connectivity index (χ4n) is 8.64. The SMILES string of the molecule is O=C(CN1CCN(c2cccc(-c3cnc4ccc(N5CCCC5c5cccc(F)c5)nn34)n2)CC1)NCCOCCNc1ccc2c(c1)C(=O)N(C1CCC(=O)NC1=O)C2=O. The molecule has 0 bridgehead atoms. The van der Waals surface area contributed by atoms with Gasteiger partial charge in [-0.25, -0.2) is 18.9 Å². The van der Waals surface area contributed by atoms with Crippen LogP contribution in [0.3, 0.4) is 0 Å². The van der Waals surface area contributed by atoms with Crippen LogP contribution in [0, 0.1) is 5.82 Å². The van der Waals surface area contributed by atoms with Gasteiger partial charge in [0.05, 0.1) is 48.8 Å². The average Bonchev–Trinajstić information content (AvgIpc) is 4.00. The van der Waals surface area contributed by atoms with E-state index in [0.717, 1.165) is 52.9 Å². The van der Waals surface area contributed by atoms with Crippen molar-refractivity contribution in [1.82, 2.24) is 40.0 Å². The molecule has 4 aliphatic heterocycles. The summed E-state index contributed by atoms with van der Waals surface area (Å²) in [5.74, 6) is -0.870. The van der Waals surface area contributed by atoms with Gasteiger partial charge in [-0.2, -0.15) is 0 Å². The Bertz CT molecular complexity index is 2540. The molecule has 3 fully saturated rings. The first-order valence-electron chi connectivity index (χ1n) is 21.0. The van der Waals surface area contributed by atoms with Crippen molar-refractivity contribution in [2.75, 3.05) is 80.7 Å². The first kappa shape index (κ1) is 40.6. The number of nitrogens with one attached hydrogen (secondary N) is 3. The van der Waals surface area contributed by atoms with Crippen LogP contribution in [0.2, 0.25) is 0 Å². The van der Waals surface area contributed by atoms with E-state index in [1.54, 1.807) is 36.5 Å². The van der Waals surface area contributed by atoms with Crippen LogP contribution < -0.4 is 25.8 Å². The molecule has 5 amide bonds. The number of amides is 5. The van der Waals surface area contributed by atoms with Gasteiger partial charge >= 0.3 is 0 Å². The van der Waals surface area contributed by atoms with Crippen LogP contribution in [0.15, 0.2) is 79.0 Å². The van der Waals surface area contributed by atoms with Crippen LogP contribution >= 0.6 is 0 Å². The van der Waals surface area contributed by atoms with Gasteiger partial charge in [0.15, 0.2) is 5.65 Å². The standard InChI is InChI=1S/C44H46FN11O6/c45-29-5-1-4-28(24-29)34-7-3-17-54(34)39-13-12-37-48-26-36(56(37)51-39)33-6-2-8-38(49-33)53-20-18-52(19-21-53)27-41(58)47-16-23-62-22-15-46-30-9-10-31-32(25-30)44(61)55(43(31)60)35-11-14-40(57)50-42(35)59/h1-2,4-6,8-10,12-13,24-26,34-35,46H,3,7,11,14-23,27H2,(H,47,58)(H,50,57,59). The number of carbonyl (C=O) groups excluding carboxylic acids is 5. The first-order valence-corrected chi connectivity index (χ1v) is 21.0. The lowest BCUT2D eigenvalue weighted by molar-refractivity contribution is -0.136. The number of carbonyl (C=O) groups is 5. The Kier molecular flexibility index (Phi) is 11.6. The molecule has 2 atom stereocenters. The number of pyridine rings is 1. The van der Waals surface area contributed by atoms with Crippen LogP contribution in [0.4, 0.5) is 21.7 Å². The molecule has 3 saturated heterocycles. The zero-order chi connectivity index (χ0) is 42.7. The van der Waals surface area contributed by atoms with Crippen LogP contribution in [-0.2, 0) is 19.1 Å². The van der Waals surface area contributed by atoms with Gasteiger partial charge in [0.1, 0.15) is 29.2 Å². The minimum atomic E-state index is -1.01. The Balaban J connectivity index is 0.703.